The predicted molar refractivity (Wildman–Crippen MR) is 90.0 cm³/mol. The average Bonchev–Trinajstić information content (AvgIpc) is 2.54. The number of nitrogens with two attached hydrogens (primary N) is 1. The largest absolute Gasteiger partial charge is 0.494 e. The van der Waals surface area contributed by atoms with Gasteiger partial charge in [0.15, 0.2) is 0 Å². The van der Waals surface area contributed by atoms with Gasteiger partial charge in [0, 0.05) is 17.8 Å². The summed E-state index contributed by atoms with van der Waals surface area (Å²) in [6.07, 6.45) is 2.12. The van der Waals surface area contributed by atoms with Crippen molar-refractivity contribution in [3.05, 3.63) is 54.1 Å². The molecule has 0 fully saturated rings. The van der Waals surface area contributed by atoms with Crippen molar-refractivity contribution in [1.29, 1.82) is 0 Å². The van der Waals surface area contributed by atoms with Crippen LogP contribution in [0.25, 0.3) is 0 Å². The molecule has 116 valence electrons. The minimum atomic E-state index is -0.000878. The van der Waals surface area contributed by atoms with Crippen molar-refractivity contribution in [2.45, 2.75) is 26.2 Å². The molecule has 0 bridgehead atoms. The van der Waals surface area contributed by atoms with Gasteiger partial charge in [-0.25, -0.2) is 0 Å². The number of nitrogen functional groups attached to an aromatic ring is 1. The number of aryl methyl sites for hydroxylation is 1. The quantitative estimate of drug-likeness (QED) is 0.767. The molecule has 0 saturated heterocycles. The zero-order chi connectivity index (χ0) is 15.8. The highest BCUT2D eigenvalue weighted by Gasteiger charge is 2.04. The maximum Gasteiger partial charge on any atom is 0.224 e. The van der Waals surface area contributed by atoms with Crippen molar-refractivity contribution in [3.8, 4) is 5.75 Å². The molecule has 0 saturated carbocycles. The number of hydrogen-bond acceptors (Lipinski definition) is 3. The highest BCUT2D eigenvalue weighted by molar-refractivity contribution is 5.90. The van der Waals surface area contributed by atoms with E-state index in [9.17, 15) is 4.79 Å². The van der Waals surface area contributed by atoms with Gasteiger partial charge in [-0.15, -0.1) is 0 Å². The summed E-state index contributed by atoms with van der Waals surface area (Å²) in [7, 11) is 0. The summed E-state index contributed by atoms with van der Waals surface area (Å²) in [5.41, 5.74) is 8.26. The van der Waals surface area contributed by atoms with E-state index in [1.165, 1.54) is 0 Å². The zero-order valence-electron chi connectivity index (χ0n) is 12.8. The van der Waals surface area contributed by atoms with Crippen molar-refractivity contribution in [3.63, 3.8) is 0 Å². The third-order valence-corrected chi connectivity index (χ3v) is 3.23. The van der Waals surface area contributed by atoms with Crippen LogP contribution in [0.5, 0.6) is 5.75 Å². The molecule has 22 heavy (non-hydrogen) atoms. The lowest BCUT2D eigenvalue weighted by Crippen LogP contribution is -2.12. The number of rotatable bonds is 7. The Morgan fingerprint density at radius 3 is 2.41 bits per heavy atom. The summed E-state index contributed by atoms with van der Waals surface area (Å²) in [5.74, 6) is 0.820. The van der Waals surface area contributed by atoms with Gasteiger partial charge in [-0.05, 0) is 54.8 Å². The molecule has 0 atom stereocenters. The fourth-order valence-corrected chi connectivity index (χ4v) is 2.02. The third-order valence-electron chi connectivity index (χ3n) is 3.23. The van der Waals surface area contributed by atoms with Crippen LogP contribution >= 0.6 is 0 Å². The molecule has 0 aliphatic rings. The monoisotopic (exact) mass is 298 g/mol. The Bertz CT molecular complexity index is 591. The highest BCUT2D eigenvalue weighted by atomic mass is 16.5. The molecule has 3 N–H and O–H groups in total. The van der Waals surface area contributed by atoms with E-state index >= 15 is 0 Å². The summed E-state index contributed by atoms with van der Waals surface area (Å²) in [6.45, 7) is 2.77. The maximum absolute atomic E-state index is 11.9. The minimum absolute atomic E-state index is 0.000878. The van der Waals surface area contributed by atoms with Crippen LogP contribution in [0.15, 0.2) is 48.5 Å². The molecule has 2 aromatic rings. The van der Waals surface area contributed by atoms with Gasteiger partial charge in [-0.2, -0.15) is 0 Å². The van der Waals surface area contributed by atoms with Gasteiger partial charge in [0.05, 0.1) is 6.61 Å². The van der Waals surface area contributed by atoms with Crippen LogP contribution < -0.4 is 15.8 Å². The molecule has 0 aliphatic heterocycles. The van der Waals surface area contributed by atoms with Crippen molar-refractivity contribution < 1.29 is 9.53 Å². The van der Waals surface area contributed by atoms with Gasteiger partial charge < -0.3 is 15.8 Å². The first-order chi connectivity index (χ1) is 10.7. The van der Waals surface area contributed by atoms with E-state index < -0.39 is 0 Å². The first-order valence-corrected chi connectivity index (χ1v) is 7.54. The molecule has 1 amide bonds. The molecule has 0 radical (unpaired) electrons. The lowest BCUT2D eigenvalue weighted by Gasteiger charge is -2.08. The van der Waals surface area contributed by atoms with Crippen molar-refractivity contribution >= 4 is 17.3 Å². The van der Waals surface area contributed by atoms with Gasteiger partial charge in [0.25, 0.3) is 0 Å². The van der Waals surface area contributed by atoms with Crippen molar-refractivity contribution in [2.24, 2.45) is 0 Å². The molecule has 2 aromatic carbocycles. The summed E-state index contributed by atoms with van der Waals surface area (Å²) >= 11 is 0. The van der Waals surface area contributed by atoms with Crippen LogP contribution in [0.1, 0.15) is 25.3 Å². The smallest absolute Gasteiger partial charge is 0.224 e. The minimum Gasteiger partial charge on any atom is -0.494 e. The third kappa shape index (κ3) is 5.13. The summed E-state index contributed by atoms with van der Waals surface area (Å²) in [6, 6.07) is 15.0. The Morgan fingerprint density at radius 1 is 1.09 bits per heavy atom. The molecule has 0 unspecified atom stereocenters. The van der Waals surface area contributed by atoms with E-state index in [1.807, 2.05) is 48.5 Å². The molecule has 2 rings (SSSR count). The van der Waals surface area contributed by atoms with E-state index in [0.29, 0.717) is 19.4 Å². The van der Waals surface area contributed by atoms with E-state index in [2.05, 4.69) is 12.2 Å². The number of carbonyl (C=O) groups is 1. The summed E-state index contributed by atoms with van der Waals surface area (Å²) in [4.78, 5) is 11.9. The molecular weight excluding hydrogens is 276 g/mol. The van der Waals surface area contributed by atoms with Crippen LogP contribution in [-0.2, 0) is 11.2 Å². The van der Waals surface area contributed by atoms with Gasteiger partial charge in [-0.1, -0.05) is 19.1 Å². The molecule has 4 nitrogen and oxygen atoms in total. The van der Waals surface area contributed by atoms with Gasteiger partial charge in [0.1, 0.15) is 5.75 Å². The number of hydrogen-bond donors (Lipinski definition) is 2. The molecule has 0 spiro atoms. The van der Waals surface area contributed by atoms with Crippen LogP contribution in [0.2, 0.25) is 0 Å². The van der Waals surface area contributed by atoms with Crippen LogP contribution in [-0.4, -0.2) is 12.5 Å². The zero-order valence-corrected chi connectivity index (χ0v) is 12.8. The van der Waals surface area contributed by atoms with E-state index in [0.717, 1.165) is 29.1 Å². The number of benzene rings is 2. The van der Waals surface area contributed by atoms with Crippen molar-refractivity contribution in [2.75, 3.05) is 17.7 Å². The summed E-state index contributed by atoms with van der Waals surface area (Å²) in [5, 5.41) is 2.89. The van der Waals surface area contributed by atoms with E-state index in [1.54, 1.807) is 0 Å². The van der Waals surface area contributed by atoms with Gasteiger partial charge in [0.2, 0.25) is 5.91 Å². The van der Waals surface area contributed by atoms with Crippen LogP contribution in [0.3, 0.4) is 0 Å². The summed E-state index contributed by atoms with van der Waals surface area (Å²) < 4.78 is 5.51. The number of amides is 1. The molecule has 0 aliphatic carbocycles. The topological polar surface area (TPSA) is 64.3 Å². The Hall–Kier alpha value is -2.49. The second-order valence-electron chi connectivity index (χ2n) is 5.16. The number of ether oxygens (including phenoxy) is 1. The second-order valence-corrected chi connectivity index (χ2v) is 5.16. The lowest BCUT2D eigenvalue weighted by molar-refractivity contribution is -0.116. The Balaban J connectivity index is 1.80. The Kier molecular flexibility index (Phi) is 5.83. The SMILES string of the molecule is CCCOc1ccc(NC(=O)CCc2ccc(N)cc2)cc1. The first-order valence-electron chi connectivity index (χ1n) is 7.54. The fourth-order valence-electron chi connectivity index (χ4n) is 2.02. The van der Waals surface area contributed by atoms with Gasteiger partial charge in [-0.3, -0.25) is 4.79 Å². The highest BCUT2D eigenvalue weighted by Crippen LogP contribution is 2.16. The number of nitrogens with one attached hydrogen (secondary N) is 1. The van der Waals surface area contributed by atoms with Crippen LogP contribution in [0, 0.1) is 0 Å². The second kappa shape index (κ2) is 8.08. The van der Waals surface area contributed by atoms with Crippen LogP contribution in [0.4, 0.5) is 11.4 Å². The number of carbonyl (C=O) groups excluding carboxylic acids is 1. The first kappa shape index (κ1) is 15.9. The number of anilines is 2. The predicted octanol–water partition coefficient (Wildman–Crippen LogP) is 3.63. The van der Waals surface area contributed by atoms with Gasteiger partial charge >= 0.3 is 0 Å². The molecular formula is C18H22N2O2. The molecule has 0 heterocycles. The van der Waals surface area contributed by atoms with E-state index in [4.69, 9.17) is 10.5 Å². The maximum atomic E-state index is 11.9. The fraction of sp³-hybridized carbons (Fsp3) is 0.278. The molecule has 4 heteroatoms. The average molecular weight is 298 g/mol. The Labute approximate surface area is 131 Å². The molecule has 0 aromatic heterocycles. The Morgan fingerprint density at radius 2 is 1.77 bits per heavy atom. The lowest BCUT2D eigenvalue weighted by atomic mass is 10.1. The van der Waals surface area contributed by atoms with E-state index in [-0.39, 0.29) is 5.91 Å². The normalized spacial score (nSPS) is 10.2. The van der Waals surface area contributed by atoms with Crippen molar-refractivity contribution in [1.82, 2.24) is 0 Å². The standard InChI is InChI=1S/C18H22N2O2/c1-2-13-22-17-10-8-16(9-11-17)20-18(21)12-5-14-3-6-15(19)7-4-14/h3-4,6-11H,2,5,12-13,19H2,1H3,(H,20,21).